The molecule has 4 nitrogen and oxygen atoms in total. The van der Waals surface area contributed by atoms with E-state index in [0.717, 1.165) is 25.7 Å². The molecule has 1 fully saturated rings. The normalized spacial score (nSPS) is 20.1. The van der Waals surface area contributed by atoms with Gasteiger partial charge in [-0.25, -0.2) is 0 Å². The van der Waals surface area contributed by atoms with Crippen LogP contribution >= 0.6 is 0 Å². The molecule has 2 N–H and O–H groups in total. The molecular formula is C6H13MgNO3S+2. The van der Waals surface area contributed by atoms with E-state index in [0.29, 0.717) is 0 Å². The smallest absolute Gasteiger partial charge is 0.273 e. The summed E-state index contributed by atoms with van der Waals surface area (Å²) in [5.74, 6) is 0. The van der Waals surface area contributed by atoms with Crippen LogP contribution in [0.15, 0.2) is 0 Å². The first kappa shape index (κ1) is 12.6. The Hall–Kier alpha value is 0.636. The Morgan fingerprint density at radius 1 is 1.17 bits per heavy atom. The second kappa shape index (κ2) is 5.38. The number of rotatable bonds is 2. The molecule has 1 saturated carbocycles. The van der Waals surface area contributed by atoms with Crippen LogP contribution in [0.4, 0.5) is 0 Å². The molecule has 6 heteroatoms. The Balaban J connectivity index is 0.00000121. The zero-order chi connectivity index (χ0) is 8.32. The largest absolute Gasteiger partial charge is 2.00 e. The molecule has 0 bridgehead atoms. The van der Waals surface area contributed by atoms with E-state index in [1.54, 1.807) is 0 Å². The molecule has 0 saturated heterocycles. The van der Waals surface area contributed by atoms with Crippen molar-refractivity contribution < 1.29 is 13.0 Å². The van der Waals surface area contributed by atoms with E-state index in [2.05, 4.69) is 4.72 Å². The van der Waals surface area contributed by atoms with Crippen LogP contribution in [0.25, 0.3) is 0 Å². The summed E-state index contributed by atoms with van der Waals surface area (Å²) in [6.07, 6.45) is 4.96. The van der Waals surface area contributed by atoms with Gasteiger partial charge in [-0.05, 0) is 12.8 Å². The fraction of sp³-hybridized carbons (Fsp3) is 1.00. The van der Waals surface area contributed by atoms with Gasteiger partial charge in [0.1, 0.15) is 0 Å². The van der Waals surface area contributed by atoms with E-state index in [-0.39, 0.29) is 29.1 Å². The number of nitrogens with one attached hydrogen (secondary N) is 1. The van der Waals surface area contributed by atoms with Crippen molar-refractivity contribution in [1.29, 1.82) is 0 Å². The van der Waals surface area contributed by atoms with Crippen LogP contribution in [0.5, 0.6) is 0 Å². The third-order valence-electron chi connectivity index (χ3n) is 1.92. The van der Waals surface area contributed by atoms with Crippen molar-refractivity contribution in [2.45, 2.75) is 38.1 Å². The Morgan fingerprint density at radius 3 is 2.08 bits per heavy atom. The van der Waals surface area contributed by atoms with Gasteiger partial charge >= 0.3 is 33.4 Å². The van der Waals surface area contributed by atoms with Crippen LogP contribution in [0.2, 0.25) is 0 Å². The maximum absolute atomic E-state index is 10.3. The first-order chi connectivity index (χ1) is 5.08. The molecular weight excluding hydrogens is 190 g/mol. The van der Waals surface area contributed by atoms with Gasteiger partial charge in [-0.15, -0.1) is 0 Å². The van der Waals surface area contributed by atoms with Crippen molar-refractivity contribution in [2.24, 2.45) is 0 Å². The number of hydrogen-bond acceptors (Lipinski definition) is 2. The monoisotopic (exact) mass is 203 g/mol. The summed E-state index contributed by atoms with van der Waals surface area (Å²) < 4.78 is 31.3. The maximum atomic E-state index is 10.3. The van der Waals surface area contributed by atoms with Crippen molar-refractivity contribution in [3.63, 3.8) is 0 Å². The third kappa shape index (κ3) is 5.31. The third-order valence-corrected chi connectivity index (χ3v) is 2.55. The second-order valence-corrected chi connectivity index (χ2v) is 4.11. The van der Waals surface area contributed by atoms with Crippen molar-refractivity contribution in [1.82, 2.24) is 4.72 Å². The van der Waals surface area contributed by atoms with Gasteiger partial charge in [0.15, 0.2) is 0 Å². The Labute approximate surface area is 89.1 Å². The summed E-state index contributed by atoms with van der Waals surface area (Å²) >= 11 is 0. The molecule has 0 aliphatic heterocycles. The van der Waals surface area contributed by atoms with E-state index >= 15 is 0 Å². The van der Waals surface area contributed by atoms with Gasteiger partial charge in [-0.1, -0.05) is 19.3 Å². The molecule has 0 unspecified atom stereocenters. The molecule has 0 amide bonds. The Kier molecular flexibility index (Phi) is 5.67. The second-order valence-electron chi connectivity index (χ2n) is 2.93. The molecule has 1 rings (SSSR count). The van der Waals surface area contributed by atoms with Crippen molar-refractivity contribution >= 4 is 33.4 Å². The average Bonchev–Trinajstić information content (AvgIpc) is 1.85. The summed E-state index contributed by atoms with van der Waals surface area (Å²) in [7, 11) is -3.97. The quantitative estimate of drug-likeness (QED) is 0.502. The molecule has 66 valence electrons. The van der Waals surface area contributed by atoms with Gasteiger partial charge in [0.25, 0.3) is 0 Å². The van der Waals surface area contributed by atoms with Gasteiger partial charge in [0.05, 0.1) is 0 Å². The van der Waals surface area contributed by atoms with Crippen LogP contribution < -0.4 is 4.72 Å². The average molecular weight is 204 g/mol. The zero-order valence-corrected chi connectivity index (χ0v) is 9.22. The molecule has 0 atom stereocenters. The molecule has 0 aromatic heterocycles. The predicted octanol–water partition coefficient (Wildman–Crippen LogP) is 0.331. The molecule has 1 aliphatic rings. The summed E-state index contributed by atoms with van der Waals surface area (Å²) in [4.78, 5) is 0. The van der Waals surface area contributed by atoms with Crippen LogP contribution in [0.1, 0.15) is 32.1 Å². The fourth-order valence-electron chi connectivity index (χ4n) is 1.43. The topological polar surface area (TPSA) is 66.4 Å². The van der Waals surface area contributed by atoms with E-state index in [4.69, 9.17) is 4.55 Å². The summed E-state index contributed by atoms with van der Waals surface area (Å²) in [5, 5.41) is 0. The van der Waals surface area contributed by atoms with E-state index in [1.165, 1.54) is 6.42 Å². The van der Waals surface area contributed by atoms with Gasteiger partial charge in [-0.3, -0.25) is 4.55 Å². The van der Waals surface area contributed by atoms with Crippen LogP contribution in [0, 0.1) is 0 Å². The molecule has 0 aromatic carbocycles. The van der Waals surface area contributed by atoms with Crippen LogP contribution in [-0.2, 0) is 10.3 Å². The molecule has 12 heavy (non-hydrogen) atoms. The standard InChI is InChI=1S/C6H13NO3S.Mg/c8-11(9,10)7-6-4-2-1-3-5-6;/h6-7H,1-5H2,(H,8,9,10);/q;+2. The first-order valence-electron chi connectivity index (χ1n) is 3.83. The van der Waals surface area contributed by atoms with E-state index < -0.39 is 10.3 Å². The molecule has 0 radical (unpaired) electrons. The minimum Gasteiger partial charge on any atom is -0.273 e. The summed E-state index contributed by atoms with van der Waals surface area (Å²) in [6.45, 7) is 0. The fourth-order valence-corrected chi connectivity index (χ4v) is 2.09. The minimum absolute atomic E-state index is 0. The first-order valence-corrected chi connectivity index (χ1v) is 5.27. The summed E-state index contributed by atoms with van der Waals surface area (Å²) in [5.41, 5.74) is 0. The Bertz CT molecular complexity index is 211. The van der Waals surface area contributed by atoms with Gasteiger partial charge in [-0.2, -0.15) is 13.1 Å². The molecule has 0 heterocycles. The van der Waals surface area contributed by atoms with Gasteiger partial charge < -0.3 is 0 Å². The molecule has 0 spiro atoms. The number of hydrogen-bond donors (Lipinski definition) is 2. The van der Waals surface area contributed by atoms with Crippen molar-refractivity contribution in [3.05, 3.63) is 0 Å². The molecule has 1 aliphatic carbocycles. The SMILES string of the molecule is O=S(=O)(O)NC1CCCCC1.[Mg+2]. The summed E-state index contributed by atoms with van der Waals surface area (Å²) in [6, 6.07) is -0.0428. The predicted molar refractivity (Wildman–Crippen MR) is 47.3 cm³/mol. The maximum Gasteiger partial charge on any atom is 2.00 e. The minimum atomic E-state index is -3.97. The van der Waals surface area contributed by atoms with Gasteiger partial charge in [0.2, 0.25) is 0 Å². The van der Waals surface area contributed by atoms with Crippen LogP contribution in [-0.4, -0.2) is 42.1 Å². The van der Waals surface area contributed by atoms with E-state index in [9.17, 15) is 8.42 Å². The molecule has 0 aromatic rings. The van der Waals surface area contributed by atoms with Gasteiger partial charge in [0, 0.05) is 6.04 Å². The van der Waals surface area contributed by atoms with Crippen LogP contribution in [0.3, 0.4) is 0 Å². The van der Waals surface area contributed by atoms with E-state index in [1.807, 2.05) is 0 Å². The van der Waals surface area contributed by atoms with Crippen molar-refractivity contribution in [3.8, 4) is 0 Å². The Morgan fingerprint density at radius 2 is 1.67 bits per heavy atom. The zero-order valence-electron chi connectivity index (χ0n) is 6.99. The van der Waals surface area contributed by atoms with Crippen molar-refractivity contribution in [2.75, 3.05) is 0 Å².